The smallest absolute Gasteiger partial charge is 0.232 e. The van der Waals surface area contributed by atoms with Gasteiger partial charge in [-0.3, -0.25) is 14.6 Å². The van der Waals surface area contributed by atoms with Crippen LogP contribution in [0.3, 0.4) is 0 Å². The molecular weight excluding hydrogens is 336 g/mol. The van der Waals surface area contributed by atoms with Crippen molar-refractivity contribution in [1.82, 2.24) is 14.9 Å². The Morgan fingerprint density at radius 1 is 1.40 bits per heavy atom. The van der Waals surface area contributed by atoms with Gasteiger partial charge in [0.2, 0.25) is 11.8 Å². The molecule has 1 saturated heterocycles. The molecule has 0 aliphatic carbocycles. The molecule has 3 heterocycles. The molecular formula is C18H22N4O2S. The fourth-order valence-corrected chi connectivity index (χ4v) is 4.18. The molecule has 0 spiro atoms. The quantitative estimate of drug-likeness (QED) is 0.846. The molecule has 0 N–H and O–H groups in total. The fraction of sp³-hybridized carbons (Fsp3) is 0.444. The van der Waals surface area contributed by atoms with Gasteiger partial charge in [0.05, 0.1) is 11.6 Å². The van der Waals surface area contributed by atoms with Gasteiger partial charge in [0, 0.05) is 45.0 Å². The van der Waals surface area contributed by atoms with E-state index >= 15 is 0 Å². The van der Waals surface area contributed by atoms with E-state index in [0.717, 1.165) is 40.7 Å². The lowest BCUT2D eigenvalue weighted by atomic mass is 9.96. The summed E-state index contributed by atoms with van der Waals surface area (Å²) in [7, 11) is 1.79. The monoisotopic (exact) mass is 358 g/mol. The molecule has 25 heavy (non-hydrogen) atoms. The lowest BCUT2D eigenvalue weighted by Crippen LogP contribution is -2.45. The molecule has 6 nitrogen and oxygen atoms in total. The number of hydrogen-bond donors (Lipinski definition) is 0. The minimum atomic E-state index is -0.147. The number of carbonyl (C=O) groups excluding carboxylic acids is 2. The minimum absolute atomic E-state index is 0.0352. The molecule has 2 amide bonds. The van der Waals surface area contributed by atoms with Gasteiger partial charge in [-0.15, -0.1) is 0 Å². The maximum absolute atomic E-state index is 12.9. The summed E-state index contributed by atoms with van der Waals surface area (Å²) in [5.74, 6) is -0.0607. The van der Waals surface area contributed by atoms with E-state index < -0.39 is 0 Å². The lowest BCUT2D eigenvalue weighted by Gasteiger charge is -2.33. The Kier molecular flexibility index (Phi) is 5.13. The maximum Gasteiger partial charge on any atom is 0.232 e. The van der Waals surface area contributed by atoms with Crippen LogP contribution in [0.25, 0.3) is 10.6 Å². The van der Waals surface area contributed by atoms with E-state index in [-0.39, 0.29) is 17.7 Å². The zero-order valence-electron chi connectivity index (χ0n) is 14.7. The van der Waals surface area contributed by atoms with Crippen molar-refractivity contribution < 1.29 is 9.59 Å². The van der Waals surface area contributed by atoms with E-state index in [2.05, 4.69) is 9.97 Å². The summed E-state index contributed by atoms with van der Waals surface area (Å²) in [5, 5.41) is 1.71. The van der Waals surface area contributed by atoms with Crippen molar-refractivity contribution >= 4 is 28.2 Å². The second-order valence-corrected chi connectivity index (χ2v) is 7.33. The molecule has 0 radical (unpaired) electrons. The summed E-state index contributed by atoms with van der Waals surface area (Å²) in [5.41, 5.74) is 1.78. The molecule has 0 saturated carbocycles. The van der Waals surface area contributed by atoms with Gasteiger partial charge in [-0.25, -0.2) is 4.98 Å². The molecule has 7 heteroatoms. The molecule has 2 aromatic rings. The SMILES string of the molecule is CC(=O)N1CCCC(C(=O)N(C)c2sc(-c3cccnc3)nc2C)C1. The number of anilines is 1. The first kappa shape index (κ1) is 17.5. The summed E-state index contributed by atoms with van der Waals surface area (Å²) < 4.78 is 0. The molecule has 1 atom stereocenters. The Morgan fingerprint density at radius 3 is 2.88 bits per heavy atom. The van der Waals surface area contributed by atoms with E-state index in [1.807, 2.05) is 19.1 Å². The Hall–Kier alpha value is -2.28. The molecule has 2 aromatic heterocycles. The van der Waals surface area contributed by atoms with Gasteiger partial charge in [-0.1, -0.05) is 11.3 Å². The molecule has 3 rings (SSSR count). The van der Waals surface area contributed by atoms with Crippen molar-refractivity contribution in [2.75, 3.05) is 25.0 Å². The van der Waals surface area contributed by atoms with Crippen molar-refractivity contribution in [3.63, 3.8) is 0 Å². The van der Waals surface area contributed by atoms with Crippen LogP contribution in [0.15, 0.2) is 24.5 Å². The first-order valence-corrected chi connectivity index (χ1v) is 9.20. The van der Waals surface area contributed by atoms with Gasteiger partial charge in [0.1, 0.15) is 10.0 Å². The summed E-state index contributed by atoms with van der Waals surface area (Å²) in [6, 6.07) is 3.84. The number of rotatable bonds is 3. The van der Waals surface area contributed by atoms with Gasteiger partial charge in [0.25, 0.3) is 0 Å². The van der Waals surface area contributed by atoms with E-state index in [4.69, 9.17) is 0 Å². The molecule has 1 unspecified atom stereocenters. The van der Waals surface area contributed by atoms with E-state index in [0.29, 0.717) is 6.54 Å². The number of likely N-dealkylation sites (tertiary alicyclic amines) is 1. The number of aryl methyl sites for hydroxylation is 1. The highest BCUT2D eigenvalue weighted by Crippen LogP contribution is 2.34. The Labute approximate surface area is 151 Å². The fourth-order valence-electron chi connectivity index (χ4n) is 3.15. The van der Waals surface area contributed by atoms with Crippen molar-refractivity contribution in [1.29, 1.82) is 0 Å². The second kappa shape index (κ2) is 7.31. The normalized spacial score (nSPS) is 17.4. The third-order valence-corrected chi connectivity index (χ3v) is 5.81. The van der Waals surface area contributed by atoms with Gasteiger partial charge >= 0.3 is 0 Å². The van der Waals surface area contributed by atoms with E-state index in [1.54, 1.807) is 36.2 Å². The van der Waals surface area contributed by atoms with Crippen LogP contribution < -0.4 is 4.90 Å². The third-order valence-electron chi connectivity index (χ3n) is 4.53. The number of amides is 2. The van der Waals surface area contributed by atoms with E-state index in [9.17, 15) is 9.59 Å². The molecule has 1 aliphatic heterocycles. The highest BCUT2D eigenvalue weighted by molar-refractivity contribution is 7.19. The highest BCUT2D eigenvalue weighted by Gasteiger charge is 2.30. The molecule has 132 valence electrons. The number of carbonyl (C=O) groups is 2. The summed E-state index contributed by atoms with van der Waals surface area (Å²) in [6.07, 6.45) is 5.19. The predicted octanol–water partition coefficient (Wildman–Crippen LogP) is 2.73. The van der Waals surface area contributed by atoms with Crippen LogP contribution in [0.4, 0.5) is 5.00 Å². The Bertz CT molecular complexity index is 775. The average molecular weight is 358 g/mol. The van der Waals surface area contributed by atoms with Crippen LogP contribution in [0.1, 0.15) is 25.5 Å². The minimum Gasteiger partial charge on any atom is -0.342 e. The number of hydrogen-bond acceptors (Lipinski definition) is 5. The van der Waals surface area contributed by atoms with Crippen molar-refractivity contribution in [2.45, 2.75) is 26.7 Å². The van der Waals surface area contributed by atoms with Crippen LogP contribution in [0.2, 0.25) is 0 Å². The number of nitrogens with zero attached hydrogens (tertiary/aromatic N) is 4. The number of aromatic nitrogens is 2. The van der Waals surface area contributed by atoms with Crippen LogP contribution in [-0.2, 0) is 9.59 Å². The first-order valence-electron chi connectivity index (χ1n) is 8.38. The Morgan fingerprint density at radius 2 is 2.20 bits per heavy atom. The average Bonchev–Trinajstić information content (AvgIpc) is 3.03. The lowest BCUT2D eigenvalue weighted by molar-refractivity contribution is -0.133. The highest BCUT2D eigenvalue weighted by atomic mass is 32.1. The zero-order valence-corrected chi connectivity index (χ0v) is 15.5. The van der Waals surface area contributed by atoms with Gasteiger partial charge in [-0.2, -0.15) is 0 Å². The molecule has 1 fully saturated rings. The summed E-state index contributed by atoms with van der Waals surface area (Å²) >= 11 is 1.49. The van der Waals surface area contributed by atoms with Gasteiger partial charge in [0.15, 0.2) is 0 Å². The number of pyridine rings is 1. The molecule has 1 aliphatic rings. The van der Waals surface area contributed by atoms with Crippen molar-refractivity contribution in [2.24, 2.45) is 5.92 Å². The largest absolute Gasteiger partial charge is 0.342 e. The molecule has 0 aromatic carbocycles. The topological polar surface area (TPSA) is 66.4 Å². The van der Waals surface area contributed by atoms with Crippen LogP contribution in [0.5, 0.6) is 0 Å². The van der Waals surface area contributed by atoms with Crippen molar-refractivity contribution in [3.8, 4) is 10.6 Å². The van der Waals surface area contributed by atoms with Gasteiger partial charge < -0.3 is 9.80 Å². The predicted molar refractivity (Wildman–Crippen MR) is 98.5 cm³/mol. The zero-order chi connectivity index (χ0) is 18.0. The van der Waals surface area contributed by atoms with Crippen molar-refractivity contribution in [3.05, 3.63) is 30.2 Å². The summed E-state index contributed by atoms with van der Waals surface area (Å²) in [4.78, 5) is 36.7. The second-order valence-electron chi connectivity index (χ2n) is 6.35. The van der Waals surface area contributed by atoms with Crippen LogP contribution in [-0.4, -0.2) is 46.8 Å². The molecule has 0 bridgehead atoms. The van der Waals surface area contributed by atoms with Gasteiger partial charge in [-0.05, 0) is 31.9 Å². The Balaban J connectivity index is 1.78. The van der Waals surface area contributed by atoms with Crippen LogP contribution >= 0.6 is 11.3 Å². The standard InChI is InChI=1S/C18H22N4O2S/c1-12-18(25-16(20-12)14-6-4-8-19-10-14)21(3)17(24)15-7-5-9-22(11-15)13(2)23/h4,6,8,10,15H,5,7,9,11H2,1-3H3. The first-order chi connectivity index (χ1) is 12.0. The summed E-state index contributed by atoms with van der Waals surface area (Å²) in [6.45, 7) is 4.72. The number of piperidine rings is 1. The maximum atomic E-state index is 12.9. The third kappa shape index (κ3) is 3.71. The van der Waals surface area contributed by atoms with E-state index in [1.165, 1.54) is 11.3 Å². The van der Waals surface area contributed by atoms with Crippen LogP contribution in [0, 0.1) is 12.8 Å². The number of thiazole rings is 1.